The summed E-state index contributed by atoms with van der Waals surface area (Å²) in [6, 6.07) is 17.0. The molecule has 3 aromatic carbocycles. The van der Waals surface area contributed by atoms with Crippen LogP contribution in [-0.4, -0.2) is 18.3 Å². The minimum absolute atomic E-state index is 0.00263. The summed E-state index contributed by atoms with van der Waals surface area (Å²) in [6.07, 6.45) is 0. The first-order valence-electron chi connectivity index (χ1n) is 9.99. The average Bonchev–Trinajstić information content (AvgIpc) is 3.15. The molecule has 0 N–H and O–H groups in total. The fraction of sp³-hybridized carbons (Fsp3) is 0.208. The predicted molar refractivity (Wildman–Crippen MR) is 127 cm³/mol. The summed E-state index contributed by atoms with van der Waals surface area (Å²) in [7, 11) is 0. The highest BCUT2D eigenvalue weighted by Gasteiger charge is 2.35. The number of ether oxygens (including phenoxy) is 2. The summed E-state index contributed by atoms with van der Waals surface area (Å²) >= 11 is 14.1. The molecule has 1 aliphatic heterocycles. The number of anilines is 1. The van der Waals surface area contributed by atoms with Gasteiger partial charge < -0.3 is 9.47 Å². The molecule has 1 aliphatic rings. The minimum atomic E-state index is -0.331. The van der Waals surface area contributed by atoms with Crippen LogP contribution >= 0.6 is 35.0 Å². The maximum atomic E-state index is 13.5. The number of rotatable bonds is 7. The number of nitrogens with zero attached hydrogens (tertiary/aromatic N) is 1. The molecule has 3 aromatic rings. The van der Waals surface area contributed by atoms with E-state index in [2.05, 4.69) is 0 Å². The van der Waals surface area contributed by atoms with Gasteiger partial charge >= 0.3 is 0 Å². The van der Waals surface area contributed by atoms with Crippen LogP contribution in [0.25, 0.3) is 0 Å². The molecule has 0 aromatic heterocycles. The van der Waals surface area contributed by atoms with E-state index in [0.717, 1.165) is 11.3 Å². The van der Waals surface area contributed by atoms with Crippen molar-refractivity contribution in [1.82, 2.24) is 0 Å². The van der Waals surface area contributed by atoms with Crippen molar-refractivity contribution in [1.29, 1.82) is 0 Å². The standard InChI is InChI=1S/C24H20Cl2FNO3S/c1-2-30-21-12-16(11-20(26)23(21)31-13-15-4-3-5-18(27)10-15)24-28(22(29)14-32-24)19-8-6-17(25)7-9-19/h3-12,24H,2,13-14H2,1H3/t24-/m1/s1. The molecule has 1 fully saturated rings. The Morgan fingerprint density at radius 2 is 1.88 bits per heavy atom. The number of hydrogen-bond acceptors (Lipinski definition) is 4. The lowest BCUT2D eigenvalue weighted by Crippen LogP contribution is -2.27. The Balaban J connectivity index is 1.64. The summed E-state index contributed by atoms with van der Waals surface area (Å²) in [5.41, 5.74) is 2.26. The highest BCUT2D eigenvalue weighted by Crippen LogP contribution is 2.46. The second-order valence-electron chi connectivity index (χ2n) is 7.09. The third-order valence-electron chi connectivity index (χ3n) is 4.86. The number of carbonyl (C=O) groups is 1. The number of carbonyl (C=O) groups excluding carboxylic acids is 1. The Morgan fingerprint density at radius 1 is 1.09 bits per heavy atom. The van der Waals surface area contributed by atoms with Gasteiger partial charge in [0.25, 0.3) is 0 Å². The van der Waals surface area contributed by atoms with Crippen molar-refractivity contribution in [2.24, 2.45) is 0 Å². The van der Waals surface area contributed by atoms with E-state index in [1.54, 1.807) is 35.2 Å². The van der Waals surface area contributed by atoms with Crippen LogP contribution in [0.2, 0.25) is 10.0 Å². The number of thioether (sulfide) groups is 1. The summed E-state index contributed by atoms with van der Waals surface area (Å²) in [6.45, 7) is 2.42. The zero-order valence-electron chi connectivity index (χ0n) is 17.2. The number of amides is 1. The van der Waals surface area contributed by atoms with Crippen molar-refractivity contribution in [3.8, 4) is 11.5 Å². The van der Waals surface area contributed by atoms with Gasteiger partial charge in [0.1, 0.15) is 17.8 Å². The molecular formula is C24H20Cl2FNO3S. The van der Waals surface area contributed by atoms with Crippen molar-refractivity contribution >= 4 is 46.6 Å². The molecule has 1 atom stereocenters. The summed E-state index contributed by atoms with van der Waals surface area (Å²) < 4.78 is 25.2. The Labute approximate surface area is 200 Å². The van der Waals surface area contributed by atoms with E-state index in [9.17, 15) is 9.18 Å². The summed E-state index contributed by atoms with van der Waals surface area (Å²) in [4.78, 5) is 14.4. The molecule has 4 nitrogen and oxygen atoms in total. The number of hydrogen-bond donors (Lipinski definition) is 0. The van der Waals surface area contributed by atoms with Crippen molar-refractivity contribution in [2.45, 2.75) is 18.9 Å². The van der Waals surface area contributed by atoms with Crippen LogP contribution in [0.5, 0.6) is 11.5 Å². The lowest BCUT2D eigenvalue weighted by molar-refractivity contribution is -0.115. The zero-order valence-corrected chi connectivity index (χ0v) is 19.5. The quantitative estimate of drug-likeness (QED) is 0.360. The maximum absolute atomic E-state index is 13.5. The van der Waals surface area contributed by atoms with Gasteiger partial charge in [0.15, 0.2) is 11.5 Å². The van der Waals surface area contributed by atoms with E-state index in [-0.39, 0.29) is 23.7 Å². The number of benzene rings is 3. The first-order chi connectivity index (χ1) is 15.5. The Morgan fingerprint density at radius 3 is 2.59 bits per heavy atom. The summed E-state index contributed by atoms with van der Waals surface area (Å²) in [5.74, 6) is 0.883. The highest BCUT2D eigenvalue weighted by atomic mass is 35.5. The second-order valence-corrected chi connectivity index (χ2v) is 9.00. The van der Waals surface area contributed by atoms with E-state index >= 15 is 0 Å². The Bertz CT molecular complexity index is 1130. The van der Waals surface area contributed by atoms with Gasteiger partial charge in [0, 0.05) is 10.7 Å². The minimum Gasteiger partial charge on any atom is -0.490 e. The van der Waals surface area contributed by atoms with Crippen LogP contribution in [0.1, 0.15) is 23.4 Å². The van der Waals surface area contributed by atoms with E-state index < -0.39 is 0 Å². The fourth-order valence-electron chi connectivity index (χ4n) is 3.47. The van der Waals surface area contributed by atoms with E-state index in [1.165, 1.54) is 23.9 Å². The fourth-order valence-corrected chi connectivity index (χ4v) is 5.02. The van der Waals surface area contributed by atoms with Gasteiger partial charge in [-0.05, 0) is 66.6 Å². The van der Waals surface area contributed by atoms with Crippen LogP contribution < -0.4 is 14.4 Å². The molecule has 0 spiro atoms. The van der Waals surface area contributed by atoms with Crippen LogP contribution in [-0.2, 0) is 11.4 Å². The Kier molecular flexibility index (Phi) is 7.13. The molecule has 0 saturated carbocycles. The lowest BCUT2D eigenvalue weighted by atomic mass is 10.1. The van der Waals surface area contributed by atoms with Crippen LogP contribution in [0.3, 0.4) is 0 Å². The molecule has 0 radical (unpaired) electrons. The van der Waals surface area contributed by atoms with Gasteiger partial charge in [-0.1, -0.05) is 35.3 Å². The molecule has 1 heterocycles. The van der Waals surface area contributed by atoms with Gasteiger partial charge in [0.05, 0.1) is 17.4 Å². The largest absolute Gasteiger partial charge is 0.490 e. The van der Waals surface area contributed by atoms with Gasteiger partial charge in [0.2, 0.25) is 5.91 Å². The normalized spacial score (nSPS) is 15.8. The third-order valence-corrected chi connectivity index (χ3v) is 6.61. The van der Waals surface area contributed by atoms with Crippen molar-refractivity contribution < 1.29 is 18.7 Å². The van der Waals surface area contributed by atoms with E-state index in [0.29, 0.717) is 39.5 Å². The average molecular weight is 492 g/mol. The smallest absolute Gasteiger partial charge is 0.238 e. The molecule has 0 aliphatic carbocycles. The molecule has 166 valence electrons. The first kappa shape index (κ1) is 22.8. The van der Waals surface area contributed by atoms with Crippen LogP contribution in [0, 0.1) is 5.82 Å². The van der Waals surface area contributed by atoms with Gasteiger partial charge in [-0.15, -0.1) is 11.8 Å². The van der Waals surface area contributed by atoms with Gasteiger partial charge in [-0.25, -0.2) is 4.39 Å². The molecule has 1 amide bonds. The van der Waals surface area contributed by atoms with Crippen molar-refractivity contribution in [3.05, 3.63) is 87.7 Å². The molecule has 1 saturated heterocycles. The topological polar surface area (TPSA) is 38.8 Å². The lowest BCUT2D eigenvalue weighted by Gasteiger charge is -2.25. The Hall–Kier alpha value is -2.41. The molecule has 8 heteroatoms. The predicted octanol–water partition coefficient (Wildman–Crippen LogP) is 6.89. The zero-order chi connectivity index (χ0) is 22.7. The first-order valence-corrected chi connectivity index (χ1v) is 11.8. The SMILES string of the molecule is CCOc1cc([C@H]2SCC(=O)N2c2ccc(Cl)cc2)cc(Cl)c1OCc1cccc(F)c1. The maximum Gasteiger partial charge on any atom is 0.238 e. The second kappa shape index (κ2) is 10.0. The molecule has 0 bridgehead atoms. The monoisotopic (exact) mass is 491 g/mol. The van der Waals surface area contributed by atoms with Gasteiger partial charge in [-0.3, -0.25) is 9.69 Å². The van der Waals surface area contributed by atoms with Crippen LogP contribution in [0.15, 0.2) is 60.7 Å². The van der Waals surface area contributed by atoms with E-state index in [1.807, 2.05) is 25.1 Å². The van der Waals surface area contributed by atoms with Gasteiger partial charge in [-0.2, -0.15) is 0 Å². The van der Waals surface area contributed by atoms with Crippen molar-refractivity contribution in [2.75, 3.05) is 17.3 Å². The molecule has 0 unspecified atom stereocenters. The summed E-state index contributed by atoms with van der Waals surface area (Å²) in [5, 5.41) is 0.696. The van der Waals surface area contributed by atoms with E-state index in [4.69, 9.17) is 32.7 Å². The highest BCUT2D eigenvalue weighted by molar-refractivity contribution is 8.00. The molecule has 4 rings (SSSR count). The van der Waals surface area contributed by atoms with Crippen LogP contribution in [0.4, 0.5) is 10.1 Å². The third kappa shape index (κ3) is 4.98. The number of halogens is 3. The van der Waals surface area contributed by atoms with Crippen molar-refractivity contribution in [3.63, 3.8) is 0 Å². The molecular weight excluding hydrogens is 472 g/mol. The molecule has 32 heavy (non-hydrogen) atoms.